The molecule has 5 rings (SSSR count). The summed E-state index contributed by atoms with van der Waals surface area (Å²) in [5, 5.41) is 13.5. The Morgan fingerprint density at radius 2 is 1.93 bits per heavy atom. The molecule has 30 heavy (non-hydrogen) atoms. The minimum Gasteiger partial charge on any atom is -0.390 e. The number of hydrogen-bond donors (Lipinski definition) is 1. The molecule has 2 aromatic carbocycles. The van der Waals surface area contributed by atoms with E-state index >= 15 is 0 Å². The zero-order chi connectivity index (χ0) is 20.7. The van der Waals surface area contributed by atoms with Gasteiger partial charge in [-0.2, -0.15) is 11.8 Å². The van der Waals surface area contributed by atoms with Crippen molar-refractivity contribution in [3.8, 4) is 0 Å². The lowest BCUT2D eigenvalue weighted by atomic mass is 9.96. The first-order valence-corrected chi connectivity index (χ1v) is 11.4. The summed E-state index contributed by atoms with van der Waals surface area (Å²) in [6.07, 6.45) is 4.04. The maximum atomic E-state index is 13.5. The first kappa shape index (κ1) is 19.5. The number of aromatic nitrogens is 3. The van der Waals surface area contributed by atoms with Crippen LogP contribution in [0.1, 0.15) is 23.6 Å². The highest BCUT2D eigenvalue weighted by molar-refractivity contribution is 7.99. The number of aliphatic hydroxyl groups excluding tert-OH is 1. The lowest BCUT2D eigenvalue weighted by molar-refractivity contribution is 0.126. The van der Waals surface area contributed by atoms with Gasteiger partial charge in [-0.05, 0) is 40.8 Å². The summed E-state index contributed by atoms with van der Waals surface area (Å²) in [6, 6.07) is 13.5. The molecule has 4 aromatic rings. The molecule has 1 fully saturated rings. The topological polar surface area (TPSA) is 68.0 Å². The molecule has 1 saturated heterocycles. The van der Waals surface area contributed by atoms with Crippen LogP contribution in [0.2, 0.25) is 5.15 Å². The zero-order valence-electron chi connectivity index (χ0n) is 16.2. The minimum absolute atomic E-state index is 0.111. The van der Waals surface area contributed by atoms with Crippen LogP contribution in [0, 0.1) is 0 Å². The van der Waals surface area contributed by atoms with Crippen molar-refractivity contribution >= 4 is 45.0 Å². The third-order valence-electron chi connectivity index (χ3n) is 5.74. The van der Waals surface area contributed by atoms with Gasteiger partial charge in [0.15, 0.2) is 0 Å². The summed E-state index contributed by atoms with van der Waals surface area (Å²) in [5.74, 6) is 1.56. The van der Waals surface area contributed by atoms with Crippen molar-refractivity contribution in [1.29, 1.82) is 0 Å². The van der Waals surface area contributed by atoms with E-state index in [0.717, 1.165) is 34.1 Å². The summed E-state index contributed by atoms with van der Waals surface area (Å²) in [5.41, 5.74) is 2.49. The predicted octanol–water partition coefficient (Wildman–Crippen LogP) is 4.23. The first-order valence-electron chi connectivity index (χ1n) is 9.90. The third-order valence-corrected chi connectivity index (χ3v) is 7.19. The molecule has 0 amide bonds. The number of nitrogens with zero attached hydrogens (tertiary/aromatic N) is 3. The van der Waals surface area contributed by atoms with E-state index in [9.17, 15) is 9.90 Å². The average Bonchev–Trinajstić information content (AvgIpc) is 2.77. The Kier molecular flexibility index (Phi) is 5.23. The molecule has 0 spiro atoms. The summed E-state index contributed by atoms with van der Waals surface area (Å²) in [6.45, 7) is 0. The highest BCUT2D eigenvalue weighted by atomic mass is 35.5. The van der Waals surface area contributed by atoms with Crippen molar-refractivity contribution in [2.75, 3.05) is 11.5 Å². The number of benzene rings is 2. The number of halogens is 1. The van der Waals surface area contributed by atoms with Crippen molar-refractivity contribution in [1.82, 2.24) is 14.5 Å². The maximum Gasteiger partial charge on any atom is 0.261 e. The van der Waals surface area contributed by atoms with Gasteiger partial charge >= 0.3 is 0 Å². The predicted molar refractivity (Wildman–Crippen MR) is 123 cm³/mol. The SMILES string of the molecule is O=c1c2cc(Cc3cccnc3Cl)c3ccccc3c2ncn1[C@H]1CCSC[C@@H]1O. The zero-order valence-corrected chi connectivity index (χ0v) is 17.7. The summed E-state index contributed by atoms with van der Waals surface area (Å²) in [4.78, 5) is 22.3. The van der Waals surface area contributed by atoms with Crippen LogP contribution in [-0.2, 0) is 6.42 Å². The Balaban J connectivity index is 1.72. The number of thioether (sulfide) groups is 1. The number of hydrogen-bond acceptors (Lipinski definition) is 5. The van der Waals surface area contributed by atoms with Crippen LogP contribution in [0.4, 0.5) is 0 Å². The highest BCUT2D eigenvalue weighted by Crippen LogP contribution is 2.30. The van der Waals surface area contributed by atoms with Gasteiger partial charge in [0.1, 0.15) is 5.15 Å². The maximum absolute atomic E-state index is 13.5. The molecule has 152 valence electrons. The van der Waals surface area contributed by atoms with E-state index in [0.29, 0.717) is 28.2 Å². The second kappa shape index (κ2) is 8.02. The fourth-order valence-corrected chi connectivity index (χ4v) is 5.45. The van der Waals surface area contributed by atoms with Crippen LogP contribution in [0.25, 0.3) is 21.7 Å². The summed E-state index contributed by atoms with van der Waals surface area (Å²) >= 11 is 8.01. The first-order chi connectivity index (χ1) is 14.6. The van der Waals surface area contributed by atoms with Crippen LogP contribution >= 0.6 is 23.4 Å². The Labute approximate surface area is 182 Å². The molecule has 2 atom stereocenters. The van der Waals surface area contributed by atoms with E-state index in [1.807, 2.05) is 42.5 Å². The Morgan fingerprint density at radius 3 is 2.73 bits per heavy atom. The van der Waals surface area contributed by atoms with Gasteiger partial charge < -0.3 is 5.11 Å². The van der Waals surface area contributed by atoms with Crippen LogP contribution in [0.3, 0.4) is 0 Å². The van der Waals surface area contributed by atoms with Crippen molar-refractivity contribution in [3.05, 3.63) is 81.6 Å². The van der Waals surface area contributed by atoms with Gasteiger partial charge in [-0.3, -0.25) is 9.36 Å². The molecule has 1 N–H and O–H groups in total. The lowest BCUT2D eigenvalue weighted by Gasteiger charge is -2.28. The van der Waals surface area contributed by atoms with E-state index in [1.54, 1.807) is 28.9 Å². The standard InChI is InChI=1S/C23H20ClN3O2S/c24-22-14(4-3-8-25-22)10-15-11-18-21(17-6-2-1-5-16(15)17)26-13-27(23(18)29)19-7-9-30-12-20(19)28/h1-6,8,11,13,19-20,28H,7,9-10,12H2/t19-,20-/m0/s1. The average molecular weight is 438 g/mol. The van der Waals surface area contributed by atoms with Crippen LogP contribution in [-0.4, -0.2) is 37.3 Å². The largest absolute Gasteiger partial charge is 0.390 e. The number of rotatable bonds is 3. The summed E-state index contributed by atoms with van der Waals surface area (Å²) < 4.78 is 1.61. The van der Waals surface area contributed by atoms with Crippen LogP contribution in [0.15, 0.2) is 59.8 Å². The molecule has 0 bridgehead atoms. The Hall–Kier alpha value is -2.41. The van der Waals surface area contributed by atoms with Gasteiger partial charge in [0.05, 0.1) is 29.4 Å². The monoisotopic (exact) mass is 437 g/mol. The van der Waals surface area contributed by atoms with Crippen molar-refractivity contribution < 1.29 is 5.11 Å². The van der Waals surface area contributed by atoms with Gasteiger partial charge in [-0.15, -0.1) is 0 Å². The van der Waals surface area contributed by atoms with Crippen molar-refractivity contribution in [2.24, 2.45) is 0 Å². The number of fused-ring (bicyclic) bond motifs is 3. The molecule has 3 heterocycles. The van der Waals surface area contributed by atoms with E-state index in [-0.39, 0.29) is 11.6 Å². The fraction of sp³-hybridized carbons (Fsp3) is 0.261. The molecular weight excluding hydrogens is 418 g/mol. The van der Waals surface area contributed by atoms with Gasteiger partial charge in [0.25, 0.3) is 5.56 Å². The van der Waals surface area contributed by atoms with Crippen molar-refractivity contribution in [3.63, 3.8) is 0 Å². The second-order valence-electron chi connectivity index (χ2n) is 7.56. The lowest BCUT2D eigenvalue weighted by Crippen LogP contribution is -2.36. The fourth-order valence-electron chi connectivity index (χ4n) is 4.22. The summed E-state index contributed by atoms with van der Waals surface area (Å²) in [7, 11) is 0. The van der Waals surface area contributed by atoms with Crippen LogP contribution < -0.4 is 5.56 Å². The number of aliphatic hydroxyl groups is 1. The smallest absolute Gasteiger partial charge is 0.261 e. The molecule has 2 aromatic heterocycles. The highest BCUT2D eigenvalue weighted by Gasteiger charge is 2.26. The van der Waals surface area contributed by atoms with Gasteiger partial charge in [0, 0.05) is 23.8 Å². The molecule has 0 saturated carbocycles. The van der Waals surface area contributed by atoms with Crippen molar-refractivity contribution in [2.45, 2.75) is 25.0 Å². The molecular formula is C23H20ClN3O2S. The molecule has 0 radical (unpaired) electrons. The molecule has 7 heteroatoms. The Bertz CT molecular complexity index is 1310. The minimum atomic E-state index is -0.546. The van der Waals surface area contributed by atoms with Gasteiger partial charge in [0.2, 0.25) is 0 Å². The van der Waals surface area contributed by atoms with E-state index < -0.39 is 6.10 Å². The molecule has 0 unspecified atom stereocenters. The van der Waals surface area contributed by atoms with E-state index in [1.165, 1.54) is 0 Å². The quantitative estimate of drug-likeness (QED) is 0.383. The molecule has 1 aliphatic heterocycles. The van der Waals surface area contributed by atoms with E-state index in [4.69, 9.17) is 11.6 Å². The number of pyridine rings is 1. The molecule has 0 aliphatic carbocycles. The van der Waals surface area contributed by atoms with Gasteiger partial charge in [-0.1, -0.05) is 41.9 Å². The Morgan fingerprint density at radius 1 is 1.10 bits per heavy atom. The van der Waals surface area contributed by atoms with E-state index in [2.05, 4.69) is 9.97 Å². The third kappa shape index (κ3) is 3.39. The molecule has 5 nitrogen and oxygen atoms in total. The van der Waals surface area contributed by atoms with Crippen LogP contribution in [0.5, 0.6) is 0 Å². The second-order valence-corrected chi connectivity index (χ2v) is 9.07. The van der Waals surface area contributed by atoms with Gasteiger partial charge in [-0.25, -0.2) is 9.97 Å². The molecule has 1 aliphatic rings. The normalized spacial score (nSPS) is 19.4.